The summed E-state index contributed by atoms with van der Waals surface area (Å²) < 4.78 is 4.98. The second kappa shape index (κ2) is 11.2. The third-order valence-corrected chi connectivity index (χ3v) is 3.29. The van der Waals surface area contributed by atoms with Crippen LogP contribution in [0, 0.1) is 0 Å². The Labute approximate surface area is 153 Å². The van der Waals surface area contributed by atoms with E-state index in [0.29, 0.717) is 6.61 Å². The van der Waals surface area contributed by atoms with Gasteiger partial charge >= 0.3 is 0 Å². The molecule has 1 aromatic carbocycles. The van der Waals surface area contributed by atoms with Gasteiger partial charge in [-0.05, 0) is 37.7 Å². The SMILES string of the molecule is COC[C@@H](C)NC(=S)NNC(=O)[C@H](C)NC(=O)/C=C/c1ccccc1. The molecule has 25 heavy (non-hydrogen) atoms. The van der Waals surface area contributed by atoms with E-state index in [0.717, 1.165) is 5.56 Å². The van der Waals surface area contributed by atoms with Crippen LogP contribution in [-0.2, 0) is 14.3 Å². The summed E-state index contributed by atoms with van der Waals surface area (Å²) in [4.78, 5) is 23.8. The molecule has 8 heteroatoms. The van der Waals surface area contributed by atoms with Crippen LogP contribution in [0.15, 0.2) is 36.4 Å². The minimum Gasteiger partial charge on any atom is -0.383 e. The molecule has 4 N–H and O–H groups in total. The Hall–Kier alpha value is -2.45. The van der Waals surface area contributed by atoms with Gasteiger partial charge in [-0.15, -0.1) is 0 Å². The lowest BCUT2D eigenvalue weighted by Gasteiger charge is -2.18. The summed E-state index contributed by atoms with van der Waals surface area (Å²) in [7, 11) is 1.59. The van der Waals surface area contributed by atoms with E-state index < -0.39 is 11.9 Å². The number of carbonyl (C=O) groups excluding carboxylic acids is 2. The van der Waals surface area contributed by atoms with Crippen LogP contribution in [0.1, 0.15) is 19.4 Å². The van der Waals surface area contributed by atoms with Crippen molar-refractivity contribution in [1.82, 2.24) is 21.5 Å². The van der Waals surface area contributed by atoms with Crippen molar-refractivity contribution in [3.8, 4) is 0 Å². The number of nitrogens with one attached hydrogen (secondary N) is 4. The van der Waals surface area contributed by atoms with Gasteiger partial charge < -0.3 is 15.4 Å². The third kappa shape index (κ3) is 8.83. The number of amides is 2. The van der Waals surface area contributed by atoms with Crippen LogP contribution in [0.25, 0.3) is 6.08 Å². The molecule has 2 atom stereocenters. The standard InChI is InChI=1S/C17H24N4O3S/c1-12(11-24-3)18-17(25)21-20-16(23)13(2)19-15(22)10-9-14-7-5-4-6-8-14/h4-10,12-13H,11H2,1-3H3,(H,19,22)(H,20,23)(H2,18,21,25)/b10-9+/t12-,13+/m1/s1. The lowest BCUT2D eigenvalue weighted by molar-refractivity contribution is -0.127. The minimum atomic E-state index is -0.723. The number of methoxy groups -OCH3 is 1. The third-order valence-electron chi connectivity index (χ3n) is 3.07. The van der Waals surface area contributed by atoms with Gasteiger partial charge in [0, 0.05) is 19.2 Å². The van der Waals surface area contributed by atoms with E-state index >= 15 is 0 Å². The van der Waals surface area contributed by atoms with Crippen LogP contribution in [0.4, 0.5) is 0 Å². The molecule has 0 aliphatic carbocycles. The minimum absolute atomic E-state index is 0.00199. The molecule has 0 unspecified atom stereocenters. The second-order valence-electron chi connectivity index (χ2n) is 5.42. The van der Waals surface area contributed by atoms with Gasteiger partial charge in [0.25, 0.3) is 5.91 Å². The van der Waals surface area contributed by atoms with Crippen molar-refractivity contribution in [2.45, 2.75) is 25.9 Å². The van der Waals surface area contributed by atoms with Crippen molar-refractivity contribution in [2.75, 3.05) is 13.7 Å². The first-order chi connectivity index (χ1) is 11.9. The summed E-state index contributed by atoms with van der Waals surface area (Å²) in [5.41, 5.74) is 5.92. The van der Waals surface area contributed by atoms with Crippen LogP contribution in [0.2, 0.25) is 0 Å². The Morgan fingerprint density at radius 2 is 1.84 bits per heavy atom. The average molecular weight is 364 g/mol. The quantitative estimate of drug-likeness (QED) is 0.324. The number of carbonyl (C=O) groups is 2. The van der Waals surface area contributed by atoms with Crippen molar-refractivity contribution >= 4 is 35.2 Å². The topological polar surface area (TPSA) is 91.5 Å². The van der Waals surface area contributed by atoms with Crippen molar-refractivity contribution in [1.29, 1.82) is 0 Å². The lowest BCUT2D eigenvalue weighted by Crippen LogP contribution is -2.54. The molecule has 136 valence electrons. The Morgan fingerprint density at radius 3 is 2.48 bits per heavy atom. The summed E-state index contributed by atoms with van der Waals surface area (Å²) >= 11 is 5.04. The maximum absolute atomic E-state index is 11.9. The Morgan fingerprint density at radius 1 is 1.16 bits per heavy atom. The zero-order valence-electron chi connectivity index (χ0n) is 14.5. The van der Waals surface area contributed by atoms with Gasteiger partial charge in [-0.3, -0.25) is 20.4 Å². The van der Waals surface area contributed by atoms with E-state index in [-0.39, 0.29) is 17.1 Å². The van der Waals surface area contributed by atoms with Crippen molar-refractivity contribution in [3.05, 3.63) is 42.0 Å². The molecule has 0 radical (unpaired) electrons. The number of benzene rings is 1. The predicted molar refractivity (Wildman–Crippen MR) is 101 cm³/mol. The van der Waals surface area contributed by atoms with Crippen molar-refractivity contribution < 1.29 is 14.3 Å². The van der Waals surface area contributed by atoms with Gasteiger partial charge in [0.05, 0.1) is 6.61 Å². The van der Waals surface area contributed by atoms with Gasteiger partial charge in [-0.1, -0.05) is 30.3 Å². The second-order valence-corrected chi connectivity index (χ2v) is 5.83. The van der Waals surface area contributed by atoms with E-state index in [1.165, 1.54) is 6.08 Å². The van der Waals surface area contributed by atoms with Crippen LogP contribution in [0.3, 0.4) is 0 Å². The lowest BCUT2D eigenvalue weighted by atomic mass is 10.2. The summed E-state index contributed by atoms with van der Waals surface area (Å²) in [5, 5.41) is 5.77. The molecular formula is C17H24N4O3S. The van der Waals surface area contributed by atoms with E-state index in [1.54, 1.807) is 20.1 Å². The molecule has 0 saturated carbocycles. The highest BCUT2D eigenvalue weighted by molar-refractivity contribution is 7.80. The Balaban J connectivity index is 2.34. The molecule has 1 aromatic rings. The smallest absolute Gasteiger partial charge is 0.260 e. The number of ether oxygens (including phenoxy) is 1. The molecule has 2 amide bonds. The average Bonchev–Trinajstić information content (AvgIpc) is 2.58. The van der Waals surface area contributed by atoms with Crippen LogP contribution in [0.5, 0.6) is 0 Å². The van der Waals surface area contributed by atoms with E-state index in [1.807, 2.05) is 37.3 Å². The Bertz CT molecular complexity index is 607. The summed E-state index contributed by atoms with van der Waals surface area (Å²) in [6, 6.07) is 8.69. The van der Waals surface area contributed by atoms with E-state index in [4.69, 9.17) is 17.0 Å². The van der Waals surface area contributed by atoms with Gasteiger partial charge in [0.15, 0.2) is 5.11 Å². The number of hydrogen-bond donors (Lipinski definition) is 4. The zero-order chi connectivity index (χ0) is 18.7. The molecule has 0 aromatic heterocycles. The van der Waals surface area contributed by atoms with Gasteiger partial charge in [0.1, 0.15) is 6.04 Å². The molecule has 7 nitrogen and oxygen atoms in total. The maximum Gasteiger partial charge on any atom is 0.260 e. The fourth-order valence-corrected chi connectivity index (χ4v) is 2.09. The fourth-order valence-electron chi connectivity index (χ4n) is 1.84. The number of hydrogen-bond acceptors (Lipinski definition) is 4. The summed E-state index contributed by atoms with van der Waals surface area (Å²) in [6.45, 7) is 3.95. The van der Waals surface area contributed by atoms with E-state index in [9.17, 15) is 9.59 Å². The zero-order valence-corrected chi connectivity index (χ0v) is 15.4. The van der Waals surface area contributed by atoms with Gasteiger partial charge in [-0.2, -0.15) is 0 Å². The van der Waals surface area contributed by atoms with Gasteiger partial charge in [-0.25, -0.2) is 0 Å². The largest absolute Gasteiger partial charge is 0.383 e. The summed E-state index contributed by atoms with van der Waals surface area (Å²) in [6.07, 6.45) is 3.06. The molecule has 0 heterocycles. The molecule has 0 aliphatic heterocycles. The molecular weight excluding hydrogens is 340 g/mol. The highest BCUT2D eigenvalue weighted by atomic mass is 32.1. The molecule has 0 aliphatic rings. The first-order valence-electron chi connectivity index (χ1n) is 7.81. The van der Waals surface area contributed by atoms with Crippen molar-refractivity contribution in [2.24, 2.45) is 0 Å². The molecule has 0 spiro atoms. The molecule has 1 rings (SSSR count). The highest BCUT2D eigenvalue weighted by Crippen LogP contribution is 2.00. The van der Waals surface area contributed by atoms with Crippen LogP contribution < -0.4 is 21.5 Å². The number of hydrazine groups is 1. The molecule has 0 saturated heterocycles. The monoisotopic (exact) mass is 364 g/mol. The first kappa shape index (κ1) is 20.6. The predicted octanol–water partition coefficient (Wildman–Crippen LogP) is 0.735. The van der Waals surface area contributed by atoms with Crippen LogP contribution in [-0.4, -0.2) is 42.7 Å². The maximum atomic E-state index is 11.9. The molecule has 0 bridgehead atoms. The van der Waals surface area contributed by atoms with E-state index in [2.05, 4.69) is 21.5 Å². The van der Waals surface area contributed by atoms with Crippen LogP contribution >= 0.6 is 12.2 Å². The fraction of sp³-hybridized carbons (Fsp3) is 0.353. The first-order valence-corrected chi connectivity index (χ1v) is 8.22. The number of thiocarbonyl (C=S) groups is 1. The highest BCUT2D eigenvalue weighted by Gasteiger charge is 2.14. The van der Waals surface area contributed by atoms with Gasteiger partial charge in [0.2, 0.25) is 5.91 Å². The normalized spacial score (nSPS) is 12.9. The summed E-state index contributed by atoms with van der Waals surface area (Å²) in [5.74, 6) is -0.772. The molecule has 0 fully saturated rings. The number of rotatable bonds is 7. The van der Waals surface area contributed by atoms with Crippen molar-refractivity contribution in [3.63, 3.8) is 0 Å². The Kier molecular flexibility index (Phi) is 9.20.